The van der Waals surface area contributed by atoms with Gasteiger partial charge >= 0.3 is 6.09 Å². The summed E-state index contributed by atoms with van der Waals surface area (Å²) in [6.07, 6.45) is 2.78. The van der Waals surface area contributed by atoms with Crippen LogP contribution >= 0.6 is 0 Å². The highest BCUT2D eigenvalue weighted by Crippen LogP contribution is 2.34. The Bertz CT molecular complexity index is 624. The number of benzene rings is 1. The summed E-state index contributed by atoms with van der Waals surface area (Å²) < 4.78 is 19.1. The van der Waals surface area contributed by atoms with Crippen molar-refractivity contribution in [2.24, 2.45) is 0 Å². The fraction of sp³-hybridized carbons (Fsp3) is 0.632. The summed E-state index contributed by atoms with van der Waals surface area (Å²) in [4.78, 5) is 16.5. The zero-order chi connectivity index (χ0) is 18.0. The van der Waals surface area contributed by atoms with Gasteiger partial charge in [0.25, 0.3) is 0 Å². The lowest BCUT2D eigenvalue weighted by molar-refractivity contribution is 0.0509. The Morgan fingerprint density at radius 3 is 2.56 bits per heavy atom. The van der Waals surface area contributed by atoms with Gasteiger partial charge in [-0.05, 0) is 58.2 Å². The summed E-state index contributed by atoms with van der Waals surface area (Å²) in [6.45, 7) is 9.07. The molecule has 1 atom stereocenters. The van der Waals surface area contributed by atoms with Crippen LogP contribution in [0.4, 0.5) is 20.6 Å². The molecule has 0 saturated carbocycles. The molecule has 138 valence electrons. The Morgan fingerprint density at radius 1 is 1.16 bits per heavy atom. The van der Waals surface area contributed by atoms with E-state index in [1.165, 1.54) is 6.07 Å². The van der Waals surface area contributed by atoms with Crippen LogP contribution in [0.25, 0.3) is 0 Å². The molecule has 3 rings (SSSR count). The number of carbonyl (C=O) groups is 1. The number of halogens is 1. The average Bonchev–Trinajstić information content (AvgIpc) is 3.16. The number of carbonyl (C=O) groups excluding carboxylic acids is 1. The lowest BCUT2D eigenvalue weighted by Crippen LogP contribution is -2.40. The molecule has 2 heterocycles. The number of amides is 1. The quantitative estimate of drug-likeness (QED) is 0.907. The van der Waals surface area contributed by atoms with Gasteiger partial charge in [-0.3, -0.25) is 0 Å². The zero-order valence-electron chi connectivity index (χ0n) is 15.3. The number of hydrogen-bond donors (Lipinski definition) is 1. The minimum absolute atomic E-state index is 0.0475. The van der Waals surface area contributed by atoms with E-state index in [-0.39, 0.29) is 18.0 Å². The number of ether oxygens (including phenoxy) is 1. The largest absolute Gasteiger partial charge is 0.444 e. The molecule has 5 nitrogen and oxygen atoms in total. The highest BCUT2D eigenvalue weighted by atomic mass is 19.1. The number of nitrogens with zero attached hydrogens (tertiary/aromatic N) is 2. The van der Waals surface area contributed by atoms with E-state index < -0.39 is 5.60 Å². The molecule has 2 aliphatic rings. The predicted octanol–water partition coefficient (Wildman–Crippen LogP) is 3.53. The summed E-state index contributed by atoms with van der Waals surface area (Å²) >= 11 is 0. The standard InChI is InChI=1S/C19H28FN3O2/c1-19(2,3)25-18(24)21-15-8-11-23(13-15)16-7-6-14(20)12-17(16)22-9-4-5-10-22/h6-7,12,15H,4-5,8-11,13H2,1-3H3,(H,21,24). The Hall–Kier alpha value is -1.98. The first-order valence-electron chi connectivity index (χ1n) is 9.11. The second-order valence-corrected chi connectivity index (χ2v) is 7.91. The maximum absolute atomic E-state index is 13.8. The minimum Gasteiger partial charge on any atom is -0.444 e. The highest BCUT2D eigenvalue weighted by Gasteiger charge is 2.28. The topological polar surface area (TPSA) is 44.8 Å². The third kappa shape index (κ3) is 4.55. The molecule has 0 spiro atoms. The van der Waals surface area contributed by atoms with Crippen molar-refractivity contribution in [2.45, 2.75) is 51.7 Å². The molecule has 2 aliphatic heterocycles. The van der Waals surface area contributed by atoms with Crippen molar-refractivity contribution in [1.82, 2.24) is 5.32 Å². The molecule has 1 N–H and O–H groups in total. The van der Waals surface area contributed by atoms with E-state index in [0.29, 0.717) is 6.54 Å². The Kier molecular flexibility index (Phi) is 5.06. The molecule has 0 bridgehead atoms. The van der Waals surface area contributed by atoms with Gasteiger partial charge in [0.2, 0.25) is 0 Å². The molecule has 0 radical (unpaired) electrons. The summed E-state index contributed by atoms with van der Waals surface area (Å²) in [5.41, 5.74) is 1.52. The second-order valence-electron chi connectivity index (χ2n) is 7.91. The summed E-state index contributed by atoms with van der Waals surface area (Å²) in [6, 6.07) is 5.06. The first-order chi connectivity index (χ1) is 11.8. The fourth-order valence-corrected chi connectivity index (χ4v) is 3.55. The van der Waals surface area contributed by atoms with Crippen LogP contribution in [0, 0.1) is 5.82 Å². The van der Waals surface area contributed by atoms with Crippen LogP contribution in [0.15, 0.2) is 18.2 Å². The van der Waals surface area contributed by atoms with E-state index in [2.05, 4.69) is 15.1 Å². The van der Waals surface area contributed by atoms with Gasteiger partial charge in [0.05, 0.1) is 17.4 Å². The van der Waals surface area contributed by atoms with Crippen LogP contribution < -0.4 is 15.1 Å². The second kappa shape index (κ2) is 7.10. The molecule has 2 fully saturated rings. The van der Waals surface area contributed by atoms with Crippen LogP contribution in [0.3, 0.4) is 0 Å². The van der Waals surface area contributed by atoms with Crippen LogP contribution in [0.5, 0.6) is 0 Å². The predicted molar refractivity (Wildman–Crippen MR) is 97.8 cm³/mol. The van der Waals surface area contributed by atoms with E-state index in [9.17, 15) is 9.18 Å². The van der Waals surface area contributed by atoms with Gasteiger partial charge in [-0.2, -0.15) is 0 Å². The number of hydrogen-bond acceptors (Lipinski definition) is 4. The molecule has 6 heteroatoms. The molecular weight excluding hydrogens is 321 g/mol. The van der Waals surface area contributed by atoms with Crippen molar-refractivity contribution in [1.29, 1.82) is 0 Å². The maximum Gasteiger partial charge on any atom is 0.407 e. The monoisotopic (exact) mass is 349 g/mol. The first-order valence-corrected chi connectivity index (χ1v) is 9.11. The molecule has 1 unspecified atom stereocenters. The van der Waals surface area contributed by atoms with Gasteiger partial charge < -0.3 is 19.9 Å². The smallest absolute Gasteiger partial charge is 0.407 e. The lowest BCUT2D eigenvalue weighted by atomic mass is 10.2. The number of alkyl carbamates (subject to hydrolysis) is 1. The number of rotatable bonds is 3. The minimum atomic E-state index is -0.498. The highest BCUT2D eigenvalue weighted by molar-refractivity contribution is 5.73. The molecule has 1 amide bonds. The summed E-state index contributed by atoms with van der Waals surface area (Å²) in [5.74, 6) is -0.201. The third-order valence-corrected chi connectivity index (χ3v) is 4.63. The fourth-order valence-electron chi connectivity index (χ4n) is 3.55. The first kappa shape index (κ1) is 17.8. The van der Waals surface area contributed by atoms with E-state index in [1.54, 1.807) is 6.07 Å². The zero-order valence-corrected chi connectivity index (χ0v) is 15.3. The van der Waals surface area contributed by atoms with E-state index >= 15 is 0 Å². The summed E-state index contributed by atoms with van der Waals surface area (Å²) in [5, 5.41) is 2.95. The van der Waals surface area contributed by atoms with Crippen LogP contribution in [-0.4, -0.2) is 43.9 Å². The van der Waals surface area contributed by atoms with Crippen molar-refractivity contribution >= 4 is 17.5 Å². The average molecular weight is 349 g/mol. The maximum atomic E-state index is 13.8. The van der Waals surface area contributed by atoms with E-state index in [4.69, 9.17) is 4.74 Å². The Balaban J connectivity index is 1.67. The molecular formula is C19H28FN3O2. The van der Waals surface area contributed by atoms with Gasteiger partial charge in [-0.25, -0.2) is 9.18 Å². The molecule has 2 saturated heterocycles. The third-order valence-electron chi connectivity index (χ3n) is 4.63. The Labute approximate surface area is 149 Å². The van der Waals surface area contributed by atoms with Crippen molar-refractivity contribution in [2.75, 3.05) is 36.0 Å². The molecule has 0 aliphatic carbocycles. The summed E-state index contributed by atoms with van der Waals surface area (Å²) in [7, 11) is 0. The number of anilines is 2. The van der Waals surface area contributed by atoms with Gasteiger partial charge in [0.15, 0.2) is 0 Å². The van der Waals surface area contributed by atoms with Crippen molar-refractivity contribution < 1.29 is 13.9 Å². The van der Waals surface area contributed by atoms with Crippen molar-refractivity contribution in [3.8, 4) is 0 Å². The van der Waals surface area contributed by atoms with Crippen LogP contribution in [-0.2, 0) is 4.74 Å². The van der Waals surface area contributed by atoms with Crippen LogP contribution in [0.1, 0.15) is 40.0 Å². The lowest BCUT2D eigenvalue weighted by Gasteiger charge is -2.27. The SMILES string of the molecule is CC(C)(C)OC(=O)NC1CCN(c2ccc(F)cc2N2CCCC2)C1. The van der Waals surface area contributed by atoms with Crippen molar-refractivity contribution in [3.05, 3.63) is 24.0 Å². The van der Waals surface area contributed by atoms with Crippen molar-refractivity contribution in [3.63, 3.8) is 0 Å². The van der Waals surface area contributed by atoms with Gasteiger partial charge in [-0.1, -0.05) is 0 Å². The van der Waals surface area contributed by atoms with E-state index in [1.807, 2.05) is 26.8 Å². The van der Waals surface area contributed by atoms with Gasteiger partial charge in [0.1, 0.15) is 11.4 Å². The van der Waals surface area contributed by atoms with Gasteiger partial charge in [-0.15, -0.1) is 0 Å². The molecule has 0 aromatic heterocycles. The molecule has 25 heavy (non-hydrogen) atoms. The Morgan fingerprint density at radius 2 is 1.88 bits per heavy atom. The van der Waals surface area contributed by atoms with E-state index in [0.717, 1.165) is 50.3 Å². The molecule has 1 aromatic rings. The molecule has 1 aromatic carbocycles. The van der Waals surface area contributed by atoms with Crippen LogP contribution in [0.2, 0.25) is 0 Å². The van der Waals surface area contributed by atoms with Gasteiger partial charge in [0, 0.05) is 26.2 Å². The number of nitrogens with one attached hydrogen (secondary N) is 1. The normalized spacial score (nSPS) is 20.9.